The summed E-state index contributed by atoms with van der Waals surface area (Å²) in [4.78, 5) is 0. The van der Waals surface area contributed by atoms with Crippen molar-refractivity contribution >= 4 is 14.1 Å². The molecule has 27 heavy (non-hydrogen) atoms. The van der Waals surface area contributed by atoms with Crippen molar-refractivity contribution in [2.75, 3.05) is 0 Å². The van der Waals surface area contributed by atoms with Crippen LogP contribution < -0.4 is 0 Å². The summed E-state index contributed by atoms with van der Waals surface area (Å²) in [5.41, 5.74) is 8.10. The third-order valence-corrected chi connectivity index (χ3v) is 13.4. The lowest BCUT2D eigenvalue weighted by atomic mass is 9.94. The molecule has 0 saturated carbocycles. The molecule has 2 nitrogen and oxygen atoms in total. The normalized spacial score (nSPS) is 20.1. The lowest BCUT2D eigenvalue weighted by Crippen LogP contribution is -2.47. The molecular weight excluding hydrogens is 346 g/mol. The molecule has 1 aromatic rings. The van der Waals surface area contributed by atoms with Gasteiger partial charge in [-0.15, -0.1) is 0 Å². The third kappa shape index (κ3) is 3.14. The molecule has 0 aliphatic carbocycles. The zero-order valence-corrected chi connectivity index (χ0v) is 20.0. The van der Waals surface area contributed by atoms with Crippen molar-refractivity contribution in [3.05, 3.63) is 28.6 Å². The summed E-state index contributed by atoms with van der Waals surface area (Å²) in [5.74, 6) is 1.20. The van der Waals surface area contributed by atoms with Gasteiger partial charge in [-0.05, 0) is 73.7 Å². The molecule has 0 unspecified atom stereocenters. The summed E-state index contributed by atoms with van der Waals surface area (Å²) in [6, 6.07) is 0.753. The van der Waals surface area contributed by atoms with E-state index in [9.17, 15) is 0 Å². The highest BCUT2D eigenvalue weighted by Gasteiger charge is 2.48. The van der Waals surface area contributed by atoms with Crippen LogP contribution in [0.4, 0.5) is 0 Å². The molecule has 3 heterocycles. The van der Waals surface area contributed by atoms with Gasteiger partial charge in [-0.3, -0.25) is 0 Å². The van der Waals surface area contributed by atoms with Crippen molar-refractivity contribution in [1.82, 2.24) is 4.57 Å². The Labute approximate surface area is 168 Å². The van der Waals surface area contributed by atoms with Crippen molar-refractivity contribution in [3.8, 4) is 0 Å². The van der Waals surface area contributed by atoms with E-state index in [1.165, 1.54) is 43.4 Å². The van der Waals surface area contributed by atoms with Crippen LogP contribution in [0.25, 0.3) is 5.76 Å². The predicted octanol–water partition coefficient (Wildman–Crippen LogP) is 7.43. The van der Waals surface area contributed by atoms with Gasteiger partial charge < -0.3 is 8.99 Å². The maximum atomic E-state index is 7.23. The van der Waals surface area contributed by atoms with Crippen LogP contribution in [0.2, 0.25) is 16.6 Å². The minimum atomic E-state index is -1.94. The summed E-state index contributed by atoms with van der Waals surface area (Å²) in [6.07, 6.45) is 9.94. The highest BCUT2D eigenvalue weighted by Crippen LogP contribution is 2.48. The van der Waals surface area contributed by atoms with Crippen molar-refractivity contribution in [2.45, 2.75) is 117 Å². The van der Waals surface area contributed by atoms with Gasteiger partial charge in [-0.25, -0.2) is 0 Å². The molecule has 0 aromatic carbocycles. The van der Waals surface area contributed by atoms with Crippen LogP contribution in [0.3, 0.4) is 0 Å². The fourth-order valence-corrected chi connectivity index (χ4v) is 11.7. The number of hydrogen-bond acceptors (Lipinski definition) is 1. The van der Waals surface area contributed by atoms with E-state index in [4.69, 9.17) is 4.43 Å². The average Bonchev–Trinajstić information content (AvgIpc) is 3.18. The Hall–Kier alpha value is -0.963. The Balaban J connectivity index is 2.11. The second-order valence-corrected chi connectivity index (χ2v) is 15.0. The number of aromatic nitrogens is 1. The van der Waals surface area contributed by atoms with Gasteiger partial charge in [0.25, 0.3) is 8.32 Å². The van der Waals surface area contributed by atoms with Crippen LogP contribution in [-0.2, 0) is 23.7 Å². The Bertz CT molecular complexity index is 685. The van der Waals surface area contributed by atoms with Crippen LogP contribution in [0.1, 0.15) is 103 Å². The van der Waals surface area contributed by atoms with Gasteiger partial charge in [0.1, 0.15) is 5.76 Å². The predicted molar refractivity (Wildman–Crippen MR) is 120 cm³/mol. The number of allylic oxidation sites excluding steroid dienone is 1. The third-order valence-electron chi connectivity index (χ3n) is 7.41. The van der Waals surface area contributed by atoms with Crippen molar-refractivity contribution in [1.29, 1.82) is 0 Å². The van der Waals surface area contributed by atoms with E-state index in [-0.39, 0.29) is 0 Å². The van der Waals surface area contributed by atoms with E-state index in [0.717, 1.165) is 12.5 Å². The van der Waals surface area contributed by atoms with Gasteiger partial charge in [0.2, 0.25) is 0 Å². The lowest BCUT2D eigenvalue weighted by molar-refractivity contribution is 0.419. The van der Waals surface area contributed by atoms with E-state index in [0.29, 0.717) is 16.6 Å². The van der Waals surface area contributed by atoms with E-state index < -0.39 is 8.32 Å². The van der Waals surface area contributed by atoms with Crippen LogP contribution in [-0.4, -0.2) is 12.9 Å². The molecule has 0 radical (unpaired) electrons. The smallest absolute Gasteiger partial charge is 0.258 e. The lowest BCUT2D eigenvalue weighted by Gasteiger charge is -2.43. The van der Waals surface area contributed by atoms with Crippen LogP contribution in [0.15, 0.2) is 6.08 Å². The minimum absolute atomic E-state index is 0.607. The molecule has 0 spiro atoms. The Morgan fingerprint density at radius 3 is 2.19 bits per heavy atom. The SMILES string of the molecule is C/C=C(/O[Si](C(C)C)(C(C)C)C(C)C)c1c(CC)c2n3c1CC[C@H]3CCC2. The molecule has 1 atom stereocenters. The molecule has 2 aliphatic rings. The number of nitrogens with zero attached hydrogens (tertiary/aromatic N) is 1. The zero-order chi connectivity index (χ0) is 19.9. The maximum absolute atomic E-state index is 7.23. The second kappa shape index (κ2) is 7.81. The average molecular weight is 388 g/mol. The van der Waals surface area contributed by atoms with Crippen molar-refractivity contribution in [2.24, 2.45) is 0 Å². The zero-order valence-electron chi connectivity index (χ0n) is 19.0. The molecule has 0 fully saturated rings. The molecule has 0 amide bonds. The molecule has 0 bridgehead atoms. The summed E-state index contributed by atoms with van der Waals surface area (Å²) in [7, 11) is -1.94. The fraction of sp³-hybridized carbons (Fsp3) is 0.750. The van der Waals surface area contributed by atoms with E-state index in [1.54, 1.807) is 17.0 Å². The van der Waals surface area contributed by atoms with E-state index in [2.05, 4.69) is 66.0 Å². The van der Waals surface area contributed by atoms with Gasteiger partial charge in [0.15, 0.2) is 0 Å². The summed E-state index contributed by atoms with van der Waals surface area (Å²) in [6.45, 7) is 18.9. The van der Waals surface area contributed by atoms with Crippen molar-refractivity contribution < 1.29 is 4.43 Å². The molecule has 152 valence electrons. The van der Waals surface area contributed by atoms with Gasteiger partial charge >= 0.3 is 0 Å². The largest absolute Gasteiger partial charge is 0.542 e. The van der Waals surface area contributed by atoms with E-state index in [1.807, 2.05) is 0 Å². The maximum Gasteiger partial charge on any atom is 0.258 e. The quantitative estimate of drug-likeness (QED) is 0.350. The first-order valence-electron chi connectivity index (χ1n) is 11.4. The molecule has 3 rings (SSSR count). The number of rotatable bonds is 7. The Kier molecular flexibility index (Phi) is 6.01. The first-order valence-corrected chi connectivity index (χ1v) is 13.5. The van der Waals surface area contributed by atoms with Gasteiger partial charge in [0.05, 0.1) is 0 Å². The van der Waals surface area contributed by atoms with E-state index >= 15 is 0 Å². The second-order valence-electron chi connectivity index (χ2n) is 9.63. The Morgan fingerprint density at radius 1 is 1.04 bits per heavy atom. The highest BCUT2D eigenvalue weighted by atomic mass is 28.4. The van der Waals surface area contributed by atoms with Crippen LogP contribution in [0, 0.1) is 0 Å². The molecule has 1 aromatic heterocycles. The molecule has 0 N–H and O–H groups in total. The summed E-state index contributed by atoms with van der Waals surface area (Å²) in [5, 5.41) is 0. The number of hydrogen-bond donors (Lipinski definition) is 0. The van der Waals surface area contributed by atoms with Crippen molar-refractivity contribution in [3.63, 3.8) is 0 Å². The molecule has 0 saturated heterocycles. The van der Waals surface area contributed by atoms with Crippen LogP contribution >= 0.6 is 0 Å². The first kappa shape index (κ1) is 20.8. The van der Waals surface area contributed by atoms with Gasteiger partial charge in [0, 0.05) is 23.0 Å². The molecular formula is C24H41NOSi. The topological polar surface area (TPSA) is 14.2 Å². The fourth-order valence-electron chi connectivity index (χ4n) is 6.39. The van der Waals surface area contributed by atoms with Gasteiger partial charge in [-0.1, -0.05) is 48.5 Å². The van der Waals surface area contributed by atoms with Gasteiger partial charge in [-0.2, -0.15) is 0 Å². The molecule has 2 aliphatic heterocycles. The monoisotopic (exact) mass is 387 g/mol. The standard InChI is InChI=1S/C24H41NOSi/c1-9-20-21-13-11-12-19-14-15-22(25(19)21)24(20)23(10-2)26-27(16(3)4,17(5)6)18(7)8/h10,16-19H,9,11-15H2,1-8H3/b23-10+/t19-/m1/s1. The first-order chi connectivity index (χ1) is 12.8. The van der Waals surface area contributed by atoms with Crippen LogP contribution in [0.5, 0.6) is 0 Å². The highest BCUT2D eigenvalue weighted by molar-refractivity contribution is 6.78. The Morgan fingerprint density at radius 2 is 1.67 bits per heavy atom. The minimum Gasteiger partial charge on any atom is -0.542 e. The molecule has 3 heteroatoms. The summed E-state index contributed by atoms with van der Waals surface area (Å²) >= 11 is 0. The summed E-state index contributed by atoms with van der Waals surface area (Å²) < 4.78 is 9.96.